The highest BCUT2D eigenvalue weighted by Crippen LogP contribution is 2.39. The molecule has 1 aliphatic carbocycles. The van der Waals surface area contributed by atoms with Gasteiger partial charge in [0, 0.05) is 36.3 Å². The first-order valence-electron chi connectivity index (χ1n) is 11.6. The first-order valence-corrected chi connectivity index (χ1v) is 13.1. The van der Waals surface area contributed by atoms with Crippen molar-refractivity contribution >= 4 is 33.1 Å². The summed E-state index contributed by atoms with van der Waals surface area (Å²) in [4.78, 5) is 28.2. The first-order chi connectivity index (χ1) is 16.5. The third kappa shape index (κ3) is 4.54. The number of ketones is 1. The molecule has 4 rings (SSSR count). The molecule has 9 heteroatoms. The van der Waals surface area contributed by atoms with Crippen molar-refractivity contribution in [3.8, 4) is 0 Å². The number of carbonyl (C=O) groups excluding carboxylic acids is 2. The Morgan fingerprint density at radius 2 is 1.51 bits per heavy atom. The van der Waals surface area contributed by atoms with E-state index in [-0.39, 0.29) is 34.1 Å². The summed E-state index contributed by atoms with van der Waals surface area (Å²) in [5.41, 5.74) is 8.68. The maximum Gasteiger partial charge on any atom is 0.258 e. The number of sulfonamides is 1. The lowest BCUT2D eigenvalue weighted by Gasteiger charge is -2.30. The highest BCUT2D eigenvalue weighted by Gasteiger charge is 2.39. The van der Waals surface area contributed by atoms with Crippen molar-refractivity contribution in [1.82, 2.24) is 14.9 Å². The van der Waals surface area contributed by atoms with Gasteiger partial charge in [-0.1, -0.05) is 36.4 Å². The third-order valence-electron chi connectivity index (χ3n) is 6.37. The molecule has 0 bridgehead atoms. The first kappa shape index (κ1) is 24.8. The molecular weight excluding hydrogens is 464 g/mol. The smallest absolute Gasteiger partial charge is 0.258 e. The highest BCUT2D eigenvalue weighted by molar-refractivity contribution is 7.89. The molecule has 0 atom stereocenters. The van der Waals surface area contributed by atoms with E-state index in [9.17, 15) is 18.0 Å². The third-order valence-corrected chi connectivity index (χ3v) is 7.84. The maximum absolute atomic E-state index is 13.2. The van der Waals surface area contributed by atoms with Gasteiger partial charge in [0.15, 0.2) is 5.78 Å². The second kappa shape index (κ2) is 9.41. The summed E-state index contributed by atoms with van der Waals surface area (Å²) in [6.07, 6.45) is 0. The van der Waals surface area contributed by atoms with Gasteiger partial charge >= 0.3 is 0 Å². The number of nitrogens with zero attached hydrogens (tertiary/aromatic N) is 1. The van der Waals surface area contributed by atoms with E-state index in [1.54, 1.807) is 36.4 Å². The van der Waals surface area contributed by atoms with E-state index in [1.165, 1.54) is 12.1 Å². The number of nitrogens with one attached hydrogen (secondary N) is 2. The van der Waals surface area contributed by atoms with Crippen LogP contribution < -0.4 is 15.8 Å². The fourth-order valence-corrected chi connectivity index (χ4v) is 5.69. The van der Waals surface area contributed by atoms with Crippen LogP contribution >= 0.6 is 0 Å². The van der Waals surface area contributed by atoms with Crippen LogP contribution in [0.15, 0.2) is 64.6 Å². The molecule has 35 heavy (non-hydrogen) atoms. The van der Waals surface area contributed by atoms with Crippen molar-refractivity contribution in [3.05, 3.63) is 76.4 Å². The number of fused-ring (bicyclic) bond motifs is 2. The van der Waals surface area contributed by atoms with E-state index in [0.717, 1.165) is 0 Å². The van der Waals surface area contributed by atoms with Crippen molar-refractivity contribution in [2.24, 2.45) is 5.73 Å². The van der Waals surface area contributed by atoms with E-state index in [4.69, 9.17) is 5.73 Å². The second-order valence-corrected chi connectivity index (χ2v) is 11.0. The van der Waals surface area contributed by atoms with Crippen LogP contribution in [0.3, 0.4) is 0 Å². The van der Waals surface area contributed by atoms with Crippen molar-refractivity contribution in [2.75, 3.05) is 13.1 Å². The summed E-state index contributed by atoms with van der Waals surface area (Å²) in [7, 11) is -3.72. The second-order valence-electron chi connectivity index (χ2n) is 9.21. The Kier molecular flexibility index (Phi) is 6.68. The number of amides is 1. The normalized spacial score (nSPS) is 15.9. The average Bonchev–Trinajstić information content (AvgIpc) is 3.17. The number of hydrogen-bond acceptors (Lipinski definition) is 6. The zero-order valence-electron chi connectivity index (χ0n) is 20.3. The van der Waals surface area contributed by atoms with Crippen LogP contribution in [-0.4, -0.2) is 50.2 Å². The number of hydrogen-bond donors (Lipinski definition) is 3. The molecule has 2 aromatic rings. The van der Waals surface area contributed by atoms with Gasteiger partial charge in [0.1, 0.15) is 0 Å². The molecule has 184 valence electrons. The number of nitrogens with two attached hydrogens (primary N) is 1. The van der Waals surface area contributed by atoms with Gasteiger partial charge in [-0.05, 0) is 45.4 Å². The molecule has 0 saturated carbocycles. The summed E-state index contributed by atoms with van der Waals surface area (Å²) < 4.78 is 28.3. The Labute approximate surface area is 205 Å². The van der Waals surface area contributed by atoms with Crippen molar-refractivity contribution in [1.29, 1.82) is 0 Å². The molecule has 0 radical (unpaired) electrons. The molecule has 1 heterocycles. The minimum absolute atomic E-state index is 0.104. The molecule has 1 amide bonds. The van der Waals surface area contributed by atoms with Crippen LogP contribution in [0.25, 0.3) is 11.4 Å². The fourth-order valence-electron chi connectivity index (χ4n) is 4.67. The standard InChI is InChI=1S/C26H30N4O4S/c1-15(2)30(16(3)4)14-13-28-35(33,34)18-11-9-17(10-12-18)24-22-21(26(32)29-24)23(27)19-7-5-6-8-20(19)25(22)31/h5-12,15-16,28H,13-14,27H2,1-4H3,(H,29,32). The van der Waals surface area contributed by atoms with E-state index in [1.807, 2.05) is 0 Å². The number of benzene rings is 2. The van der Waals surface area contributed by atoms with E-state index >= 15 is 0 Å². The van der Waals surface area contributed by atoms with Gasteiger partial charge in [0.05, 0.1) is 27.4 Å². The summed E-state index contributed by atoms with van der Waals surface area (Å²) in [5, 5.41) is 2.75. The zero-order chi connectivity index (χ0) is 25.5. The van der Waals surface area contributed by atoms with Crippen LogP contribution in [0.1, 0.15) is 49.2 Å². The molecule has 8 nitrogen and oxygen atoms in total. The van der Waals surface area contributed by atoms with Crippen LogP contribution in [0, 0.1) is 0 Å². The quantitative estimate of drug-likeness (QED) is 0.518. The topological polar surface area (TPSA) is 122 Å². The largest absolute Gasteiger partial charge is 0.398 e. The summed E-state index contributed by atoms with van der Waals surface area (Å²) in [6, 6.07) is 13.6. The van der Waals surface area contributed by atoms with Crippen LogP contribution in [-0.2, 0) is 14.8 Å². The summed E-state index contributed by atoms with van der Waals surface area (Å²) in [6.45, 7) is 9.19. The fraction of sp³-hybridized carbons (Fsp3) is 0.308. The number of carbonyl (C=O) groups is 2. The van der Waals surface area contributed by atoms with Gasteiger partial charge in [-0.15, -0.1) is 0 Å². The monoisotopic (exact) mass is 494 g/mol. The summed E-state index contributed by atoms with van der Waals surface area (Å²) >= 11 is 0. The van der Waals surface area contributed by atoms with Crippen LogP contribution in [0.2, 0.25) is 0 Å². The Hall–Kier alpha value is -3.27. The molecule has 2 aromatic carbocycles. The SMILES string of the molecule is CC(C)N(CCNS(=O)(=O)c1ccc(C2=C3C(=O)c4ccccc4C(N)=C3C(=O)N2)cc1)C(C)C. The van der Waals surface area contributed by atoms with Gasteiger partial charge in [-0.2, -0.15) is 0 Å². The predicted octanol–water partition coefficient (Wildman–Crippen LogP) is 2.49. The average molecular weight is 495 g/mol. The van der Waals surface area contributed by atoms with Gasteiger partial charge < -0.3 is 11.1 Å². The lowest BCUT2D eigenvalue weighted by Crippen LogP contribution is -2.42. The minimum atomic E-state index is -3.72. The molecular formula is C26H30N4O4S. The van der Waals surface area contributed by atoms with Gasteiger partial charge in [-0.25, -0.2) is 13.1 Å². The van der Waals surface area contributed by atoms with Crippen LogP contribution in [0.5, 0.6) is 0 Å². The van der Waals surface area contributed by atoms with Gasteiger partial charge in [0.25, 0.3) is 5.91 Å². The van der Waals surface area contributed by atoms with Crippen molar-refractivity contribution in [2.45, 2.75) is 44.7 Å². The Balaban J connectivity index is 1.59. The zero-order valence-corrected chi connectivity index (χ0v) is 21.1. The van der Waals surface area contributed by atoms with E-state index in [2.05, 4.69) is 42.6 Å². The minimum Gasteiger partial charge on any atom is -0.398 e. The molecule has 0 saturated heterocycles. The molecule has 0 aromatic heterocycles. The van der Waals surface area contributed by atoms with Gasteiger partial charge in [0.2, 0.25) is 10.0 Å². The highest BCUT2D eigenvalue weighted by atomic mass is 32.2. The Morgan fingerprint density at radius 3 is 2.11 bits per heavy atom. The maximum atomic E-state index is 13.2. The number of Topliss-reactive ketones (excluding diaryl/α,β-unsaturated/α-hetero) is 1. The molecule has 0 spiro atoms. The molecule has 1 aliphatic heterocycles. The molecule has 0 unspecified atom stereocenters. The van der Waals surface area contributed by atoms with Crippen LogP contribution in [0.4, 0.5) is 0 Å². The molecule has 2 aliphatic rings. The van der Waals surface area contributed by atoms with Crippen molar-refractivity contribution in [3.63, 3.8) is 0 Å². The van der Waals surface area contributed by atoms with Crippen molar-refractivity contribution < 1.29 is 18.0 Å². The van der Waals surface area contributed by atoms with E-state index in [0.29, 0.717) is 41.0 Å². The summed E-state index contributed by atoms with van der Waals surface area (Å²) in [5.74, 6) is -0.745. The predicted molar refractivity (Wildman–Crippen MR) is 136 cm³/mol. The Bertz CT molecular complexity index is 1350. The number of rotatable bonds is 8. The lowest BCUT2D eigenvalue weighted by molar-refractivity contribution is -0.115. The van der Waals surface area contributed by atoms with E-state index < -0.39 is 15.9 Å². The molecule has 0 fully saturated rings. The van der Waals surface area contributed by atoms with Gasteiger partial charge in [-0.3, -0.25) is 14.5 Å². The Morgan fingerprint density at radius 1 is 0.914 bits per heavy atom. The lowest BCUT2D eigenvalue weighted by atomic mass is 9.84. The molecule has 4 N–H and O–H groups in total.